The number of nitro groups is 1. The molecule has 36 heavy (non-hydrogen) atoms. The lowest BCUT2D eigenvalue weighted by atomic mass is 10.2. The van der Waals surface area contributed by atoms with Crippen molar-refractivity contribution in [2.24, 2.45) is 0 Å². The Balaban J connectivity index is 2.12. The first-order valence-electron chi connectivity index (χ1n) is 10.5. The van der Waals surface area contributed by atoms with Crippen LogP contribution in [0.1, 0.15) is 5.56 Å². The fourth-order valence-electron chi connectivity index (χ4n) is 3.48. The van der Waals surface area contributed by atoms with E-state index in [4.69, 9.17) is 14.2 Å². The predicted molar refractivity (Wildman–Crippen MR) is 134 cm³/mol. The zero-order valence-electron chi connectivity index (χ0n) is 20.0. The van der Waals surface area contributed by atoms with Crippen LogP contribution in [0.3, 0.4) is 0 Å². The highest BCUT2D eigenvalue weighted by Gasteiger charge is 2.34. The van der Waals surface area contributed by atoms with E-state index in [9.17, 15) is 23.3 Å². The van der Waals surface area contributed by atoms with Gasteiger partial charge >= 0.3 is 0 Å². The van der Waals surface area contributed by atoms with Gasteiger partial charge in [0.2, 0.25) is 5.91 Å². The van der Waals surface area contributed by atoms with Gasteiger partial charge in [-0.1, -0.05) is 18.2 Å². The molecule has 1 N–H and O–H groups in total. The van der Waals surface area contributed by atoms with Gasteiger partial charge in [0.15, 0.2) is 4.90 Å². The first kappa shape index (κ1) is 26.3. The maximum absolute atomic E-state index is 13.8. The van der Waals surface area contributed by atoms with Crippen LogP contribution in [0.15, 0.2) is 65.6 Å². The van der Waals surface area contributed by atoms with Gasteiger partial charge in [0.25, 0.3) is 15.7 Å². The molecular weight excluding hydrogens is 490 g/mol. The molecule has 0 atom stereocenters. The Morgan fingerprint density at radius 3 is 2.31 bits per heavy atom. The summed E-state index contributed by atoms with van der Waals surface area (Å²) in [6.45, 7) is 1.11. The molecule has 0 fully saturated rings. The summed E-state index contributed by atoms with van der Waals surface area (Å²) in [6.07, 6.45) is 0. The fraction of sp³-hybridized carbons (Fsp3) is 0.208. The molecule has 0 heterocycles. The molecule has 12 heteroatoms. The number of sulfonamides is 1. The van der Waals surface area contributed by atoms with Gasteiger partial charge in [-0.25, -0.2) is 8.42 Å². The molecule has 0 aliphatic heterocycles. The molecule has 11 nitrogen and oxygen atoms in total. The first-order valence-corrected chi connectivity index (χ1v) is 12.0. The largest absolute Gasteiger partial charge is 0.497 e. The molecule has 0 unspecified atom stereocenters. The Morgan fingerprint density at radius 2 is 1.67 bits per heavy atom. The number of nitro benzene ring substituents is 1. The number of hydrogen-bond donors (Lipinski definition) is 1. The van der Waals surface area contributed by atoms with Crippen molar-refractivity contribution in [1.82, 2.24) is 0 Å². The van der Waals surface area contributed by atoms with Crippen molar-refractivity contribution in [3.8, 4) is 17.2 Å². The number of benzene rings is 3. The van der Waals surface area contributed by atoms with Crippen LogP contribution >= 0.6 is 0 Å². The van der Waals surface area contributed by atoms with E-state index in [0.29, 0.717) is 17.2 Å². The monoisotopic (exact) mass is 515 g/mol. The number of aryl methyl sites for hydroxylation is 1. The lowest BCUT2D eigenvalue weighted by Crippen LogP contribution is -2.38. The molecule has 3 rings (SSSR count). The second-order valence-corrected chi connectivity index (χ2v) is 9.36. The second-order valence-electron chi connectivity index (χ2n) is 7.53. The van der Waals surface area contributed by atoms with E-state index in [1.807, 2.05) is 6.92 Å². The van der Waals surface area contributed by atoms with Gasteiger partial charge in [-0.2, -0.15) is 0 Å². The number of anilines is 2. The third kappa shape index (κ3) is 5.49. The van der Waals surface area contributed by atoms with Crippen molar-refractivity contribution >= 4 is 33.0 Å². The zero-order chi connectivity index (χ0) is 26.5. The Morgan fingerprint density at radius 1 is 0.972 bits per heavy atom. The smallest absolute Gasteiger partial charge is 0.289 e. The van der Waals surface area contributed by atoms with E-state index in [2.05, 4.69) is 5.32 Å². The Hall–Kier alpha value is -4.32. The molecular formula is C24H25N3O8S. The molecule has 3 aromatic rings. The van der Waals surface area contributed by atoms with Crippen molar-refractivity contribution in [3.05, 3.63) is 76.3 Å². The molecule has 1 amide bonds. The minimum absolute atomic E-state index is 0.0113. The first-order chi connectivity index (χ1) is 17.1. The van der Waals surface area contributed by atoms with Crippen molar-refractivity contribution in [2.75, 3.05) is 37.5 Å². The molecule has 0 bridgehead atoms. The van der Waals surface area contributed by atoms with E-state index < -0.39 is 38.0 Å². The highest BCUT2D eigenvalue weighted by atomic mass is 32.2. The van der Waals surface area contributed by atoms with Gasteiger partial charge in [-0.3, -0.25) is 19.2 Å². The van der Waals surface area contributed by atoms with Crippen LogP contribution in [0.5, 0.6) is 17.2 Å². The highest BCUT2D eigenvalue weighted by molar-refractivity contribution is 7.93. The molecule has 0 spiro atoms. The Labute approximate surface area is 208 Å². The number of carbonyl (C=O) groups is 1. The van der Waals surface area contributed by atoms with Gasteiger partial charge in [0.05, 0.1) is 37.6 Å². The predicted octanol–water partition coefficient (Wildman–Crippen LogP) is 3.76. The molecule has 0 radical (unpaired) electrons. The van der Waals surface area contributed by atoms with E-state index in [-0.39, 0.29) is 11.4 Å². The summed E-state index contributed by atoms with van der Waals surface area (Å²) in [5.74, 6) is 0.132. The minimum atomic E-state index is -4.61. The summed E-state index contributed by atoms with van der Waals surface area (Å²) in [5, 5.41) is 14.2. The van der Waals surface area contributed by atoms with Crippen molar-refractivity contribution in [1.29, 1.82) is 0 Å². The summed E-state index contributed by atoms with van der Waals surface area (Å²) >= 11 is 0. The molecule has 190 valence electrons. The topological polar surface area (TPSA) is 137 Å². The van der Waals surface area contributed by atoms with Gasteiger partial charge in [-0.05, 0) is 42.8 Å². The van der Waals surface area contributed by atoms with E-state index in [1.54, 1.807) is 18.2 Å². The number of methoxy groups -OCH3 is 3. The lowest BCUT2D eigenvalue weighted by molar-refractivity contribution is -0.387. The average Bonchev–Trinajstić information content (AvgIpc) is 2.87. The van der Waals surface area contributed by atoms with Crippen LogP contribution < -0.4 is 23.8 Å². The fourth-order valence-corrected chi connectivity index (χ4v) is 5.07. The number of carbonyl (C=O) groups excluding carboxylic acids is 1. The van der Waals surface area contributed by atoms with Crippen molar-refractivity contribution in [2.45, 2.75) is 11.8 Å². The van der Waals surface area contributed by atoms with Crippen LogP contribution in [-0.2, 0) is 14.8 Å². The Kier molecular flexibility index (Phi) is 8.00. The second kappa shape index (κ2) is 11.0. The highest BCUT2D eigenvalue weighted by Crippen LogP contribution is 2.37. The molecule has 3 aromatic carbocycles. The van der Waals surface area contributed by atoms with Crippen LogP contribution in [-0.4, -0.2) is 47.1 Å². The van der Waals surface area contributed by atoms with Crippen molar-refractivity contribution < 1.29 is 32.3 Å². The van der Waals surface area contributed by atoms with Gasteiger partial charge in [-0.15, -0.1) is 0 Å². The normalized spacial score (nSPS) is 10.9. The number of ether oxygens (including phenoxy) is 3. The Bertz CT molecular complexity index is 1390. The zero-order valence-corrected chi connectivity index (χ0v) is 20.9. The third-order valence-corrected chi connectivity index (χ3v) is 7.01. The SMILES string of the molecule is COc1ccc(N(CC(=O)Nc2cc(C)ccc2OC)S(=O)(=O)c2ccccc2[N+](=O)[O-])c(OC)c1. The molecule has 0 aliphatic carbocycles. The molecule has 0 saturated carbocycles. The van der Waals surface area contributed by atoms with E-state index in [0.717, 1.165) is 22.0 Å². The number of nitrogens with zero attached hydrogens (tertiary/aromatic N) is 2. The summed E-state index contributed by atoms with van der Waals surface area (Å²) < 4.78 is 44.1. The van der Waals surface area contributed by atoms with Crippen LogP contribution in [0.2, 0.25) is 0 Å². The average molecular weight is 516 g/mol. The lowest BCUT2D eigenvalue weighted by Gasteiger charge is -2.26. The van der Waals surface area contributed by atoms with Crippen LogP contribution in [0.25, 0.3) is 0 Å². The summed E-state index contributed by atoms with van der Waals surface area (Å²) in [5.41, 5.74) is 0.540. The molecule has 0 saturated heterocycles. The standard InChI is InChI=1S/C24H25N3O8S/c1-16-9-12-21(34-3)18(13-16)25-24(28)15-26(19-11-10-17(33-2)14-22(19)35-4)36(31,32)23-8-6-5-7-20(23)27(29)30/h5-14H,15H2,1-4H3,(H,25,28). The number of nitrogens with one attached hydrogen (secondary N) is 1. The van der Waals surface area contributed by atoms with Gasteiger partial charge < -0.3 is 19.5 Å². The molecule has 0 aromatic heterocycles. The van der Waals surface area contributed by atoms with E-state index >= 15 is 0 Å². The number of rotatable bonds is 10. The molecule has 0 aliphatic rings. The number of amides is 1. The maximum Gasteiger partial charge on any atom is 0.289 e. The number of hydrogen-bond acceptors (Lipinski definition) is 8. The quantitative estimate of drug-likeness (QED) is 0.318. The van der Waals surface area contributed by atoms with E-state index in [1.165, 1.54) is 51.7 Å². The number of para-hydroxylation sites is 1. The van der Waals surface area contributed by atoms with Crippen LogP contribution in [0, 0.1) is 17.0 Å². The minimum Gasteiger partial charge on any atom is -0.497 e. The summed E-state index contributed by atoms with van der Waals surface area (Å²) in [4.78, 5) is 23.3. The maximum atomic E-state index is 13.8. The summed E-state index contributed by atoms with van der Waals surface area (Å²) in [7, 11) is -0.421. The third-order valence-electron chi connectivity index (χ3n) is 5.20. The van der Waals surface area contributed by atoms with Gasteiger partial charge in [0, 0.05) is 12.1 Å². The summed E-state index contributed by atoms with van der Waals surface area (Å²) in [6, 6.07) is 14.4. The van der Waals surface area contributed by atoms with Crippen molar-refractivity contribution in [3.63, 3.8) is 0 Å². The van der Waals surface area contributed by atoms with Gasteiger partial charge in [0.1, 0.15) is 23.8 Å². The van der Waals surface area contributed by atoms with Crippen LogP contribution in [0.4, 0.5) is 17.1 Å².